The van der Waals surface area contributed by atoms with Crippen molar-refractivity contribution in [1.29, 1.82) is 0 Å². The van der Waals surface area contributed by atoms with E-state index < -0.39 is 8.25 Å². The number of hydrogen-bond acceptors (Lipinski definition) is 1. The maximum absolute atomic E-state index is 8.70. The van der Waals surface area contributed by atoms with Gasteiger partial charge in [-0.25, -0.2) is 0 Å². The van der Waals surface area contributed by atoms with E-state index in [2.05, 4.69) is 27.7 Å². The van der Waals surface area contributed by atoms with Crippen molar-refractivity contribution in [2.24, 2.45) is 0 Å². The molecule has 82 valence electrons. The van der Waals surface area contributed by atoms with Gasteiger partial charge in [0.15, 0.2) is 0 Å². The Hall–Kier alpha value is 0.643. The van der Waals surface area contributed by atoms with Crippen molar-refractivity contribution in [1.82, 2.24) is 0 Å². The third-order valence-corrected chi connectivity index (χ3v) is 0.957. The molecule has 0 radical (unpaired) electrons. The minimum absolute atomic E-state index is 0. The van der Waals surface area contributed by atoms with Crippen LogP contribution in [0.1, 0.15) is 46.0 Å². The SMILES string of the molecule is O=[P+](O)O.[CH2-]CCC.[CH2-]CCCC.[Zn+2]. The van der Waals surface area contributed by atoms with Crippen LogP contribution in [0.5, 0.6) is 0 Å². The molecule has 14 heavy (non-hydrogen) atoms. The van der Waals surface area contributed by atoms with Crippen LogP contribution in [0.25, 0.3) is 0 Å². The number of hydrogen-bond donors (Lipinski definition) is 2. The third kappa shape index (κ3) is 129. The zero-order chi connectivity index (χ0) is 11.1. The largest absolute Gasteiger partial charge is 2.00 e. The van der Waals surface area contributed by atoms with Crippen molar-refractivity contribution in [2.45, 2.75) is 46.0 Å². The van der Waals surface area contributed by atoms with Crippen LogP contribution < -0.4 is 0 Å². The Morgan fingerprint density at radius 3 is 1.36 bits per heavy atom. The molecule has 3 nitrogen and oxygen atoms in total. The molecule has 0 atom stereocenters. The van der Waals surface area contributed by atoms with Gasteiger partial charge in [-0.15, -0.1) is 9.79 Å². The molecule has 2 N–H and O–H groups in total. The van der Waals surface area contributed by atoms with Crippen molar-refractivity contribution in [3.05, 3.63) is 13.8 Å². The fourth-order valence-electron chi connectivity index (χ4n) is 0.250. The molecule has 0 amide bonds. The van der Waals surface area contributed by atoms with E-state index in [0.717, 1.165) is 12.8 Å². The molecule has 0 aromatic rings. The zero-order valence-corrected chi connectivity index (χ0v) is 13.3. The fourth-order valence-corrected chi connectivity index (χ4v) is 0.250. The molecule has 0 unspecified atom stereocenters. The Kier molecular flexibility index (Phi) is 50.2. The summed E-state index contributed by atoms with van der Waals surface area (Å²) in [6, 6.07) is 0. The second kappa shape index (κ2) is 29.2. The minimum Gasteiger partial charge on any atom is -0.343 e. The van der Waals surface area contributed by atoms with Gasteiger partial charge in [-0.05, 0) is 0 Å². The first-order chi connectivity index (χ1) is 6.06. The van der Waals surface area contributed by atoms with Crippen molar-refractivity contribution < 1.29 is 33.8 Å². The van der Waals surface area contributed by atoms with E-state index in [4.69, 9.17) is 14.4 Å². The first-order valence-electron chi connectivity index (χ1n) is 4.50. The van der Waals surface area contributed by atoms with E-state index in [0.29, 0.717) is 0 Å². The predicted molar refractivity (Wildman–Crippen MR) is 57.2 cm³/mol. The van der Waals surface area contributed by atoms with Gasteiger partial charge in [0.1, 0.15) is 0 Å². The van der Waals surface area contributed by atoms with Gasteiger partial charge < -0.3 is 13.8 Å². The van der Waals surface area contributed by atoms with Gasteiger partial charge in [0.05, 0.1) is 0 Å². The van der Waals surface area contributed by atoms with Gasteiger partial charge in [-0.1, -0.05) is 33.1 Å². The molecular weight excluding hydrogens is 252 g/mol. The summed E-state index contributed by atoms with van der Waals surface area (Å²) >= 11 is 0. The average molecular weight is 275 g/mol. The second-order valence-corrected chi connectivity index (χ2v) is 2.82. The Balaban J connectivity index is -0.0000000522. The summed E-state index contributed by atoms with van der Waals surface area (Å²) in [5, 5.41) is 0. The molecule has 0 aliphatic heterocycles. The summed E-state index contributed by atoms with van der Waals surface area (Å²) in [4.78, 5) is 14.2. The first-order valence-corrected chi connectivity index (χ1v) is 5.66. The summed E-state index contributed by atoms with van der Waals surface area (Å²) < 4.78 is 8.70. The molecule has 5 heteroatoms. The van der Waals surface area contributed by atoms with Gasteiger partial charge in [-0.3, -0.25) is 0 Å². The van der Waals surface area contributed by atoms with E-state index >= 15 is 0 Å². The number of rotatable bonds is 3. The van der Waals surface area contributed by atoms with Crippen molar-refractivity contribution in [3.8, 4) is 0 Å². The smallest absolute Gasteiger partial charge is 0.343 e. The molecule has 0 heterocycles. The Bertz CT molecular complexity index is 84.1. The third-order valence-electron chi connectivity index (χ3n) is 0.957. The molecular formula is C9H22O3PZn+. The van der Waals surface area contributed by atoms with E-state index in [1.165, 1.54) is 19.3 Å². The molecule has 0 saturated heterocycles. The Morgan fingerprint density at radius 1 is 1.07 bits per heavy atom. The van der Waals surface area contributed by atoms with Crippen LogP contribution in [0.4, 0.5) is 0 Å². The van der Waals surface area contributed by atoms with Crippen molar-refractivity contribution in [3.63, 3.8) is 0 Å². The molecule has 0 rings (SSSR count). The van der Waals surface area contributed by atoms with Gasteiger partial charge in [0.25, 0.3) is 0 Å². The maximum atomic E-state index is 8.70. The number of unbranched alkanes of at least 4 members (excludes halogenated alkanes) is 3. The van der Waals surface area contributed by atoms with Crippen LogP contribution in [-0.2, 0) is 24.0 Å². The molecule has 0 fully saturated rings. The molecule has 0 bridgehead atoms. The van der Waals surface area contributed by atoms with Gasteiger partial charge in [-0.2, -0.15) is 12.8 Å². The van der Waals surface area contributed by atoms with E-state index in [-0.39, 0.29) is 19.5 Å². The topological polar surface area (TPSA) is 57.5 Å². The van der Waals surface area contributed by atoms with Crippen molar-refractivity contribution in [2.75, 3.05) is 0 Å². The molecule has 0 spiro atoms. The van der Waals surface area contributed by atoms with Crippen molar-refractivity contribution >= 4 is 8.25 Å². The van der Waals surface area contributed by atoms with Crippen LogP contribution in [0.15, 0.2) is 0 Å². The van der Waals surface area contributed by atoms with Gasteiger partial charge in [0.2, 0.25) is 0 Å². The Morgan fingerprint density at radius 2 is 1.36 bits per heavy atom. The maximum Gasteiger partial charge on any atom is 2.00 e. The second-order valence-electron chi connectivity index (χ2n) is 2.31. The standard InChI is InChI=1S/C5H11.C4H9.HO3P.Zn/c1-3-5-4-2;1-3-4-2;1-4(2)3;/h1,3-5H2,2H3;1,3-4H2,2H3;(H-,1,2,3);/q2*-1;;+2/p+1. The predicted octanol–water partition coefficient (Wildman–Crippen LogP) is 3.26. The monoisotopic (exact) mass is 273 g/mol. The van der Waals surface area contributed by atoms with Crippen LogP contribution in [0.3, 0.4) is 0 Å². The molecule has 0 aliphatic carbocycles. The summed E-state index contributed by atoms with van der Waals surface area (Å²) in [6.07, 6.45) is 5.93. The van der Waals surface area contributed by atoms with Crippen LogP contribution in [0.2, 0.25) is 0 Å². The quantitative estimate of drug-likeness (QED) is 0.472. The van der Waals surface area contributed by atoms with Gasteiger partial charge in [0, 0.05) is 4.57 Å². The molecule has 0 aliphatic rings. The van der Waals surface area contributed by atoms with E-state index in [9.17, 15) is 0 Å². The van der Waals surface area contributed by atoms with E-state index in [1.807, 2.05) is 0 Å². The first kappa shape index (κ1) is 24.1. The molecule has 0 aromatic heterocycles. The van der Waals surface area contributed by atoms with Crippen LogP contribution in [-0.4, -0.2) is 9.79 Å². The van der Waals surface area contributed by atoms with Crippen LogP contribution >= 0.6 is 8.25 Å². The summed E-state index contributed by atoms with van der Waals surface area (Å²) in [7, 11) is -2.87. The van der Waals surface area contributed by atoms with E-state index in [1.54, 1.807) is 0 Å². The summed E-state index contributed by atoms with van der Waals surface area (Å²) in [5.41, 5.74) is 0. The Labute approximate surface area is 102 Å². The molecule has 0 saturated carbocycles. The molecule has 0 aromatic carbocycles. The fraction of sp³-hybridized carbons (Fsp3) is 0.778. The minimum atomic E-state index is -2.87. The average Bonchev–Trinajstić information content (AvgIpc) is 2.05. The van der Waals surface area contributed by atoms with Gasteiger partial charge >= 0.3 is 27.7 Å². The summed E-state index contributed by atoms with van der Waals surface area (Å²) in [5.74, 6) is 0. The zero-order valence-electron chi connectivity index (χ0n) is 9.41. The normalized spacial score (nSPS) is 7.00. The summed E-state index contributed by atoms with van der Waals surface area (Å²) in [6.45, 7) is 11.6. The van der Waals surface area contributed by atoms with Crippen LogP contribution in [0, 0.1) is 13.8 Å².